The lowest BCUT2D eigenvalue weighted by atomic mass is 10.1. The predicted molar refractivity (Wildman–Crippen MR) is 101 cm³/mol. The number of rotatable bonds is 3. The van der Waals surface area contributed by atoms with Crippen LogP contribution in [0.5, 0.6) is 0 Å². The van der Waals surface area contributed by atoms with Crippen molar-refractivity contribution in [3.8, 4) is 0 Å². The third-order valence-electron chi connectivity index (χ3n) is 4.23. The Kier molecular flexibility index (Phi) is 3.88. The molecule has 1 aliphatic heterocycles. The summed E-state index contributed by atoms with van der Waals surface area (Å²) in [5, 5.41) is 0. The molecule has 1 aliphatic rings. The number of para-hydroxylation sites is 2. The second-order valence-electron chi connectivity index (χ2n) is 5.82. The van der Waals surface area contributed by atoms with Gasteiger partial charge in [-0.25, -0.2) is 4.99 Å². The molecular formula is C21H17N3O. The molecule has 0 bridgehead atoms. The maximum absolute atomic E-state index is 13.1. The van der Waals surface area contributed by atoms with Crippen LogP contribution < -0.4 is 10.6 Å². The molecule has 4 nitrogen and oxygen atoms in total. The molecule has 3 aromatic rings. The molecule has 3 aromatic carbocycles. The number of carbonyl (C=O) groups excluding carboxylic acids is 1. The first-order chi connectivity index (χ1) is 12.3. The van der Waals surface area contributed by atoms with Gasteiger partial charge in [0.05, 0.1) is 11.4 Å². The number of fused-ring (bicyclic) bond motifs is 1. The van der Waals surface area contributed by atoms with Crippen molar-refractivity contribution < 1.29 is 4.79 Å². The molecule has 0 aliphatic carbocycles. The zero-order chi connectivity index (χ0) is 17.2. The molecule has 0 atom stereocenters. The molecule has 0 radical (unpaired) electrons. The van der Waals surface area contributed by atoms with Gasteiger partial charge in [-0.1, -0.05) is 48.5 Å². The van der Waals surface area contributed by atoms with Crippen molar-refractivity contribution >= 4 is 28.7 Å². The van der Waals surface area contributed by atoms with E-state index in [-0.39, 0.29) is 5.91 Å². The van der Waals surface area contributed by atoms with Gasteiger partial charge in [0.25, 0.3) is 5.91 Å². The van der Waals surface area contributed by atoms with Crippen molar-refractivity contribution in [3.63, 3.8) is 0 Å². The summed E-state index contributed by atoms with van der Waals surface area (Å²) in [6.07, 6.45) is 0. The summed E-state index contributed by atoms with van der Waals surface area (Å²) in [5.41, 5.74) is 10.4. The van der Waals surface area contributed by atoms with Gasteiger partial charge in [-0.2, -0.15) is 0 Å². The van der Waals surface area contributed by atoms with E-state index in [9.17, 15) is 4.79 Å². The van der Waals surface area contributed by atoms with E-state index < -0.39 is 0 Å². The first-order valence-corrected chi connectivity index (χ1v) is 8.14. The highest BCUT2D eigenvalue weighted by Gasteiger charge is 2.34. The van der Waals surface area contributed by atoms with Gasteiger partial charge in [-0.3, -0.25) is 9.69 Å². The number of nitrogens with two attached hydrogens (primary N) is 1. The molecule has 0 saturated carbocycles. The molecular weight excluding hydrogens is 310 g/mol. The number of hydrogen-bond donors (Lipinski definition) is 1. The normalized spacial score (nSPS) is 14.8. The highest BCUT2D eigenvalue weighted by molar-refractivity contribution is 6.56. The third-order valence-corrected chi connectivity index (χ3v) is 4.23. The topological polar surface area (TPSA) is 58.7 Å². The van der Waals surface area contributed by atoms with Crippen molar-refractivity contribution in [1.29, 1.82) is 0 Å². The van der Waals surface area contributed by atoms with Crippen LogP contribution in [0.3, 0.4) is 0 Å². The van der Waals surface area contributed by atoms with Crippen LogP contribution in [0.2, 0.25) is 0 Å². The van der Waals surface area contributed by atoms with Crippen molar-refractivity contribution in [1.82, 2.24) is 0 Å². The Morgan fingerprint density at radius 1 is 0.840 bits per heavy atom. The van der Waals surface area contributed by atoms with Crippen molar-refractivity contribution in [2.45, 2.75) is 6.54 Å². The van der Waals surface area contributed by atoms with Gasteiger partial charge < -0.3 is 5.73 Å². The molecule has 122 valence electrons. The average Bonchev–Trinajstić information content (AvgIpc) is 2.95. The molecule has 1 heterocycles. The lowest BCUT2D eigenvalue weighted by molar-refractivity contribution is -0.111. The van der Waals surface area contributed by atoms with Gasteiger partial charge in [0.1, 0.15) is 5.71 Å². The minimum absolute atomic E-state index is 0.115. The van der Waals surface area contributed by atoms with E-state index >= 15 is 0 Å². The average molecular weight is 327 g/mol. The van der Waals surface area contributed by atoms with Crippen LogP contribution in [0.25, 0.3) is 0 Å². The summed E-state index contributed by atoms with van der Waals surface area (Å²) < 4.78 is 0. The molecule has 0 saturated heterocycles. The Balaban J connectivity index is 1.81. The van der Waals surface area contributed by atoms with E-state index in [0.29, 0.717) is 12.3 Å². The van der Waals surface area contributed by atoms with E-state index in [4.69, 9.17) is 5.73 Å². The number of hydrogen-bond acceptors (Lipinski definition) is 3. The first-order valence-electron chi connectivity index (χ1n) is 8.14. The fourth-order valence-electron chi connectivity index (χ4n) is 2.98. The highest BCUT2D eigenvalue weighted by atomic mass is 16.2. The van der Waals surface area contributed by atoms with E-state index in [1.807, 2.05) is 78.9 Å². The maximum atomic E-state index is 13.1. The number of carbonyl (C=O) groups is 1. The van der Waals surface area contributed by atoms with Crippen LogP contribution in [0.4, 0.5) is 17.1 Å². The second-order valence-corrected chi connectivity index (χ2v) is 5.82. The minimum atomic E-state index is -0.115. The van der Waals surface area contributed by atoms with Crippen molar-refractivity contribution in [2.75, 3.05) is 4.90 Å². The monoisotopic (exact) mass is 327 g/mol. The smallest absolute Gasteiger partial charge is 0.282 e. The standard InChI is InChI=1S/C21H17N3O/c22-14-15-10-12-16(13-11-15)23-20-18-8-4-5-9-19(18)24(21(20)25)17-6-2-1-3-7-17/h1-13H,14,22H2. The van der Waals surface area contributed by atoms with Gasteiger partial charge in [0, 0.05) is 17.8 Å². The van der Waals surface area contributed by atoms with E-state index in [0.717, 1.165) is 28.2 Å². The molecule has 0 spiro atoms. The molecule has 25 heavy (non-hydrogen) atoms. The number of nitrogens with zero attached hydrogens (tertiary/aromatic N) is 2. The summed E-state index contributed by atoms with van der Waals surface area (Å²) in [4.78, 5) is 19.4. The number of aliphatic imine (C=N–C) groups is 1. The van der Waals surface area contributed by atoms with E-state index in [2.05, 4.69) is 4.99 Å². The Hall–Kier alpha value is -3.24. The Labute approximate surface area is 146 Å². The third kappa shape index (κ3) is 2.73. The van der Waals surface area contributed by atoms with Gasteiger partial charge in [-0.15, -0.1) is 0 Å². The Morgan fingerprint density at radius 3 is 2.24 bits per heavy atom. The minimum Gasteiger partial charge on any atom is -0.326 e. The second kappa shape index (κ2) is 6.34. The van der Waals surface area contributed by atoms with E-state index in [1.54, 1.807) is 4.90 Å². The molecule has 0 fully saturated rings. The van der Waals surface area contributed by atoms with Crippen LogP contribution in [0.15, 0.2) is 83.9 Å². The fraction of sp³-hybridized carbons (Fsp3) is 0.0476. The zero-order valence-electron chi connectivity index (χ0n) is 13.6. The van der Waals surface area contributed by atoms with Gasteiger partial charge in [-0.05, 0) is 35.9 Å². The van der Waals surface area contributed by atoms with Crippen LogP contribution in [0, 0.1) is 0 Å². The summed E-state index contributed by atoms with van der Waals surface area (Å²) in [7, 11) is 0. The van der Waals surface area contributed by atoms with Crippen LogP contribution >= 0.6 is 0 Å². The SMILES string of the molecule is NCc1ccc(N=C2C(=O)N(c3ccccc3)c3ccccc32)cc1. The van der Waals surface area contributed by atoms with Crippen LogP contribution in [-0.2, 0) is 11.3 Å². The number of benzene rings is 3. The zero-order valence-corrected chi connectivity index (χ0v) is 13.6. The van der Waals surface area contributed by atoms with Gasteiger partial charge in [0.15, 0.2) is 0 Å². The highest BCUT2D eigenvalue weighted by Crippen LogP contribution is 2.36. The predicted octanol–water partition coefficient (Wildman–Crippen LogP) is 3.94. The molecule has 2 N–H and O–H groups in total. The lowest BCUT2D eigenvalue weighted by Crippen LogP contribution is -2.25. The van der Waals surface area contributed by atoms with Crippen LogP contribution in [-0.4, -0.2) is 11.6 Å². The molecule has 0 unspecified atom stereocenters. The van der Waals surface area contributed by atoms with Gasteiger partial charge in [0.2, 0.25) is 0 Å². The fourth-order valence-corrected chi connectivity index (χ4v) is 2.98. The van der Waals surface area contributed by atoms with E-state index in [1.165, 1.54) is 0 Å². The molecule has 1 amide bonds. The van der Waals surface area contributed by atoms with Gasteiger partial charge >= 0.3 is 0 Å². The van der Waals surface area contributed by atoms with Crippen LogP contribution in [0.1, 0.15) is 11.1 Å². The first kappa shape index (κ1) is 15.3. The molecule has 0 aromatic heterocycles. The summed E-state index contributed by atoms with van der Waals surface area (Å²) in [6, 6.07) is 25.0. The quantitative estimate of drug-likeness (QED) is 0.792. The summed E-state index contributed by atoms with van der Waals surface area (Å²) in [6.45, 7) is 0.487. The summed E-state index contributed by atoms with van der Waals surface area (Å²) in [5.74, 6) is -0.115. The molecule has 4 rings (SSSR count). The Morgan fingerprint density at radius 2 is 1.52 bits per heavy atom. The lowest BCUT2D eigenvalue weighted by Gasteiger charge is -2.16. The maximum Gasteiger partial charge on any atom is 0.282 e. The Bertz CT molecular complexity index is 946. The molecule has 4 heteroatoms. The number of anilines is 2. The van der Waals surface area contributed by atoms with Crippen molar-refractivity contribution in [2.24, 2.45) is 10.7 Å². The summed E-state index contributed by atoms with van der Waals surface area (Å²) >= 11 is 0. The number of amides is 1. The van der Waals surface area contributed by atoms with Crippen molar-refractivity contribution in [3.05, 3.63) is 90.0 Å². The largest absolute Gasteiger partial charge is 0.326 e.